The highest BCUT2D eigenvalue weighted by Gasteiger charge is 2.53. The molecule has 3 heteroatoms. The van der Waals surface area contributed by atoms with Crippen LogP contribution >= 0.6 is 0 Å². The zero-order valence-electron chi connectivity index (χ0n) is 34.5. The van der Waals surface area contributed by atoms with Crippen molar-refractivity contribution < 1.29 is 0 Å². The molecule has 0 saturated heterocycles. The Morgan fingerprint density at radius 2 is 0.758 bits per heavy atom. The van der Waals surface area contributed by atoms with Gasteiger partial charge in [0, 0.05) is 22.1 Å². The van der Waals surface area contributed by atoms with Crippen molar-refractivity contribution in [1.82, 2.24) is 15.0 Å². The molecule has 0 amide bonds. The third kappa shape index (κ3) is 5.41. The van der Waals surface area contributed by atoms with E-state index in [1.807, 2.05) is 60.7 Å². The summed E-state index contributed by atoms with van der Waals surface area (Å²) >= 11 is 0. The second kappa shape index (κ2) is 13.9. The fourth-order valence-corrected chi connectivity index (χ4v) is 10.5. The van der Waals surface area contributed by atoms with E-state index in [1.54, 1.807) is 0 Å². The van der Waals surface area contributed by atoms with Gasteiger partial charge in [0.1, 0.15) is 0 Å². The quantitative estimate of drug-likeness (QED) is 0.174. The molecule has 0 bridgehead atoms. The molecule has 0 N–H and O–H groups in total. The fourth-order valence-electron chi connectivity index (χ4n) is 10.5. The topological polar surface area (TPSA) is 38.7 Å². The molecule has 1 aromatic heterocycles. The standard InChI is InChI=1S/C59H41N3/c1-58(2)51-27-11-13-29-53(51)59(54-30-14-12-28-52(54)58)49-26-10-9-24-47(49)48-37-43(32-34-50(48)59)45-25-16-22-42-35-41(31-33-46(42)45)40-21-15-23-44(36-40)57-61-55(38-17-5-3-6-18-38)60-56(62-57)39-19-7-4-8-20-39/h3-37H,1-2H3. The maximum Gasteiger partial charge on any atom is 0.164 e. The lowest BCUT2D eigenvalue weighted by molar-refractivity contribution is 0.563. The molecule has 0 unspecified atom stereocenters. The molecule has 12 rings (SSSR count). The van der Waals surface area contributed by atoms with Crippen molar-refractivity contribution in [1.29, 1.82) is 0 Å². The van der Waals surface area contributed by atoms with Gasteiger partial charge in [-0.25, -0.2) is 15.0 Å². The van der Waals surface area contributed by atoms with Crippen LogP contribution in [0.5, 0.6) is 0 Å². The number of nitrogens with zero attached hydrogens (tertiary/aromatic N) is 3. The first-order chi connectivity index (χ1) is 30.5. The molecular weight excluding hydrogens is 751 g/mol. The fraction of sp³-hybridized carbons (Fsp3) is 0.0678. The summed E-state index contributed by atoms with van der Waals surface area (Å²) in [6.45, 7) is 4.76. The predicted octanol–water partition coefficient (Wildman–Crippen LogP) is 14.4. The summed E-state index contributed by atoms with van der Waals surface area (Å²) in [5.74, 6) is 1.95. The number of hydrogen-bond donors (Lipinski definition) is 0. The van der Waals surface area contributed by atoms with Crippen molar-refractivity contribution in [2.45, 2.75) is 24.7 Å². The summed E-state index contributed by atoms with van der Waals surface area (Å²) < 4.78 is 0. The highest BCUT2D eigenvalue weighted by Crippen LogP contribution is 2.62. The number of rotatable bonds is 5. The monoisotopic (exact) mass is 791 g/mol. The molecule has 2 aliphatic carbocycles. The number of hydrogen-bond acceptors (Lipinski definition) is 3. The largest absolute Gasteiger partial charge is 0.208 e. The lowest BCUT2D eigenvalue weighted by atomic mass is 9.55. The van der Waals surface area contributed by atoms with Gasteiger partial charge in [0.2, 0.25) is 0 Å². The Kier molecular flexibility index (Phi) is 8.10. The second-order valence-corrected chi connectivity index (χ2v) is 17.1. The van der Waals surface area contributed by atoms with E-state index in [9.17, 15) is 0 Å². The molecule has 0 fully saturated rings. The van der Waals surface area contributed by atoms with Crippen LogP contribution in [0.4, 0.5) is 0 Å². The molecule has 10 aromatic rings. The minimum atomic E-state index is -0.400. The molecule has 0 atom stereocenters. The van der Waals surface area contributed by atoms with Crippen molar-refractivity contribution in [2.24, 2.45) is 0 Å². The maximum atomic E-state index is 5.00. The summed E-state index contributed by atoms with van der Waals surface area (Å²) in [6.07, 6.45) is 0. The van der Waals surface area contributed by atoms with Crippen LogP contribution in [-0.2, 0) is 10.8 Å². The third-order valence-corrected chi connectivity index (χ3v) is 13.4. The Morgan fingerprint density at radius 3 is 1.42 bits per heavy atom. The highest BCUT2D eigenvalue weighted by molar-refractivity contribution is 6.00. The predicted molar refractivity (Wildman–Crippen MR) is 254 cm³/mol. The second-order valence-electron chi connectivity index (χ2n) is 17.1. The molecule has 0 aliphatic heterocycles. The summed E-state index contributed by atoms with van der Waals surface area (Å²) in [6, 6.07) is 76.9. The lowest BCUT2D eigenvalue weighted by Gasteiger charge is -2.46. The molecular formula is C59H41N3. The van der Waals surface area contributed by atoms with Gasteiger partial charge in [-0.2, -0.15) is 0 Å². The van der Waals surface area contributed by atoms with Crippen LogP contribution in [0, 0.1) is 0 Å². The average molecular weight is 792 g/mol. The molecule has 1 spiro atoms. The summed E-state index contributed by atoms with van der Waals surface area (Å²) in [4.78, 5) is 14.9. The van der Waals surface area contributed by atoms with E-state index >= 15 is 0 Å². The first-order valence-electron chi connectivity index (χ1n) is 21.4. The number of benzene rings is 9. The first-order valence-corrected chi connectivity index (χ1v) is 21.4. The Hall–Kier alpha value is -7.75. The Morgan fingerprint density at radius 1 is 0.290 bits per heavy atom. The van der Waals surface area contributed by atoms with Crippen LogP contribution in [0.2, 0.25) is 0 Å². The van der Waals surface area contributed by atoms with Gasteiger partial charge in [-0.15, -0.1) is 0 Å². The minimum Gasteiger partial charge on any atom is -0.208 e. The molecule has 0 radical (unpaired) electrons. The van der Waals surface area contributed by atoms with E-state index in [2.05, 4.69) is 166 Å². The molecule has 62 heavy (non-hydrogen) atoms. The van der Waals surface area contributed by atoms with Gasteiger partial charge in [-0.05, 0) is 95.7 Å². The minimum absolute atomic E-state index is 0.121. The number of fused-ring (bicyclic) bond motifs is 10. The molecule has 292 valence electrons. The van der Waals surface area contributed by atoms with E-state index < -0.39 is 5.41 Å². The van der Waals surface area contributed by atoms with Crippen LogP contribution in [0.25, 0.3) is 78.3 Å². The van der Waals surface area contributed by atoms with Crippen LogP contribution in [0.3, 0.4) is 0 Å². The maximum absolute atomic E-state index is 5.00. The normalized spacial score (nSPS) is 13.9. The zero-order valence-corrected chi connectivity index (χ0v) is 34.5. The van der Waals surface area contributed by atoms with Crippen molar-refractivity contribution in [3.05, 3.63) is 246 Å². The Labute approximate surface area is 362 Å². The molecule has 0 saturated carbocycles. The third-order valence-electron chi connectivity index (χ3n) is 13.4. The molecule has 3 nitrogen and oxygen atoms in total. The first kappa shape index (κ1) is 36.1. The van der Waals surface area contributed by atoms with Crippen LogP contribution < -0.4 is 0 Å². The Balaban J connectivity index is 0.957. The van der Waals surface area contributed by atoms with E-state index in [0.717, 1.165) is 27.8 Å². The summed E-state index contributed by atoms with van der Waals surface area (Å²) in [5, 5.41) is 2.42. The average Bonchev–Trinajstić information content (AvgIpc) is 3.63. The van der Waals surface area contributed by atoms with Crippen molar-refractivity contribution in [3.8, 4) is 67.5 Å². The SMILES string of the molecule is CC1(C)c2ccccc2C2(c3ccccc3-c3cc(-c4cccc5cc(-c6cccc(-c7nc(-c8ccccc8)nc(-c8ccccc8)n7)c6)ccc45)ccc32)c2ccccc21. The van der Waals surface area contributed by atoms with Crippen molar-refractivity contribution in [3.63, 3.8) is 0 Å². The lowest BCUT2D eigenvalue weighted by Crippen LogP contribution is -2.40. The van der Waals surface area contributed by atoms with Gasteiger partial charge in [0.25, 0.3) is 0 Å². The van der Waals surface area contributed by atoms with Gasteiger partial charge < -0.3 is 0 Å². The highest BCUT2D eigenvalue weighted by atomic mass is 15.0. The molecule has 1 heterocycles. The summed E-state index contributed by atoms with van der Waals surface area (Å²) in [7, 11) is 0. The molecule has 9 aromatic carbocycles. The molecule has 2 aliphatic rings. The van der Waals surface area contributed by atoms with E-state index in [1.165, 1.54) is 66.4 Å². The van der Waals surface area contributed by atoms with Gasteiger partial charge in [-0.1, -0.05) is 208 Å². The van der Waals surface area contributed by atoms with Crippen LogP contribution in [0.1, 0.15) is 47.2 Å². The van der Waals surface area contributed by atoms with Gasteiger partial charge in [0.15, 0.2) is 17.5 Å². The van der Waals surface area contributed by atoms with Crippen LogP contribution in [-0.4, -0.2) is 15.0 Å². The van der Waals surface area contributed by atoms with Crippen molar-refractivity contribution in [2.75, 3.05) is 0 Å². The van der Waals surface area contributed by atoms with Gasteiger partial charge in [-0.3, -0.25) is 0 Å². The zero-order chi connectivity index (χ0) is 41.4. The Bertz CT molecular complexity index is 3280. The van der Waals surface area contributed by atoms with E-state index in [-0.39, 0.29) is 5.41 Å². The summed E-state index contributed by atoms with van der Waals surface area (Å²) in [5.41, 5.74) is 17.9. The van der Waals surface area contributed by atoms with Gasteiger partial charge in [0.05, 0.1) is 5.41 Å². The van der Waals surface area contributed by atoms with Crippen LogP contribution in [0.15, 0.2) is 212 Å². The van der Waals surface area contributed by atoms with Crippen molar-refractivity contribution >= 4 is 10.8 Å². The van der Waals surface area contributed by atoms with E-state index in [0.29, 0.717) is 17.5 Å². The van der Waals surface area contributed by atoms with E-state index in [4.69, 9.17) is 15.0 Å². The van der Waals surface area contributed by atoms with Gasteiger partial charge >= 0.3 is 0 Å². The number of aromatic nitrogens is 3. The smallest absolute Gasteiger partial charge is 0.164 e.